The molecule has 0 spiro atoms. The van der Waals surface area contributed by atoms with Gasteiger partial charge < -0.3 is 5.32 Å². The third kappa shape index (κ3) is 4.87. The van der Waals surface area contributed by atoms with Crippen molar-refractivity contribution in [2.45, 2.75) is 30.7 Å². The van der Waals surface area contributed by atoms with Crippen molar-refractivity contribution < 1.29 is 4.39 Å². The van der Waals surface area contributed by atoms with Crippen LogP contribution in [0, 0.1) is 5.82 Å². The minimum atomic E-state index is -0.135. The van der Waals surface area contributed by atoms with Crippen molar-refractivity contribution in [3.63, 3.8) is 0 Å². The molecule has 1 unspecified atom stereocenters. The number of likely N-dealkylation sites (N-methyl/N-ethyl adjacent to an activating group) is 1. The van der Waals surface area contributed by atoms with E-state index in [2.05, 4.69) is 36.5 Å². The summed E-state index contributed by atoms with van der Waals surface area (Å²) in [5.74, 6) is 0.720. The Morgan fingerprint density at radius 3 is 2.33 bits per heavy atom. The van der Waals surface area contributed by atoms with Crippen molar-refractivity contribution in [3.05, 3.63) is 65.5 Å². The van der Waals surface area contributed by atoms with Crippen LogP contribution in [0.25, 0.3) is 0 Å². The third-order valence-electron chi connectivity index (χ3n) is 3.60. The summed E-state index contributed by atoms with van der Waals surface area (Å²) in [4.78, 5) is 0.721. The lowest BCUT2D eigenvalue weighted by molar-refractivity contribution is 0.598. The maximum absolute atomic E-state index is 13.6. The summed E-state index contributed by atoms with van der Waals surface area (Å²) in [5.41, 5.74) is 2.68. The highest BCUT2D eigenvalue weighted by Gasteiger charge is 2.10. The molecule has 1 nitrogen and oxygen atoms in total. The van der Waals surface area contributed by atoms with Crippen LogP contribution in [0.3, 0.4) is 0 Å². The van der Waals surface area contributed by atoms with Gasteiger partial charge in [0.1, 0.15) is 5.82 Å². The first-order chi connectivity index (χ1) is 10.2. The molecule has 3 heteroatoms. The van der Waals surface area contributed by atoms with E-state index in [1.807, 2.05) is 19.2 Å². The zero-order valence-corrected chi connectivity index (χ0v) is 13.4. The molecule has 112 valence electrons. The molecule has 2 aromatic rings. The molecular formula is C18H22FNS. The lowest BCUT2D eigenvalue weighted by Gasteiger charge is -2.16. The van der Waals surface area contributed by atoms with Crippen LogP contribution in [-0.4, -0.2) is 18.8 Å². The molecule has 0 radical (unpaired) electrons. The van der Waals surface area contributed by atoms with Crippen molar-refractivity contribution in [2.75, 3.05) is 12.8 Å². The van der Waals surface area contributed by atoms with Crippen LogP contribution in [0.5, 0.6) is 0 Å². The Bertz CT molecular complexity index is 553. The predicted octanol–water partition coefficient (Wildman–Crippen LogP) is 4.31. The number of aryl methyl sites for hydroxylation is 1. The van der Waals surface area contributed by atoms with Crippen molar-refractivity contribution >= 4 is 11.8 Å². The summed E-state index contributed by atoms with van der Waals surface area (Å²) in [5, 5.41) is 3.33. The number of rotatable bonds is 7. The molecule has 0 aliphatic carbocycles. The molecule has 0 aliphatic rings. The van der Waals surface area contributed by atoms with Gasteiger partial charge in [-0.15, -0.1) is 11.8 Å². The van der Waals surface area contributed by atoms with Gasteiger partial charge in [0, 0.05) is 16.7 Å². The first-order valence-corrected chi connectivity index (χ1v) is 8.34. The first-order valence-electron chi connectivity index (χ1n) is 7.35. The monoisotopic (exact) mass is 303 g/mol. The van der Waals surface area contributed by atoms with Crippen LogP contribution in [0.4, 0.5) is 4.39 Å². The minimum Gasteiger partial charge on any atom is -0.316 e. The quantitative estimate of drug-likeness (QED) is 0.765. The van der Waals surface area contributed by atoms with Crippen LogP contribution in [-0.2, 0) is 12.8 Å². The summed E-state index contributed by atoms with van der Waals surface area (Å²) < 4.78 is 13.6. The summed E-state index contributed by atoms with van der Waals surface area (Å²) in [6.45, 7) is 2.16. The molecule has 0 aromatic heterocycles. The Morgan fingerprint density at radius 1 is 1.05 bits per heavy atom. The molecule has 0 saturated carbocycles. The van der Waals surface area contributed by atoms with E-state index in [9.17, 15) is 4.39 Å². The molecule has 0 saturated heterocycles. The van der Waals surface area contributed by atoms with Crippen LogP contribution in [0.1, 0.15) is 18.1 Å². The lowest BCUT2D eigenvalue weighted by atomic mass is 10.0. The van der Waals surface area contributed by atoms with Crippen LogP contribution in [0.15, 0.2) is 53.4 Å². The van der Waals surface area contributed by atoms with Gasteiger partial charge in [-0.25, -0.2) is 4.39 Å². The van der Waals surface area contributed by atoms with Crippen LogP contribution < -0.4 is 5.32 Å². The van der Waals surface area contributed by atoms with Crippen LogP contribution in [0.2, 0.25) is 0 Å². The highest BCUT2D eigenvalue weighted by molar-refractivity contribution is 7.99. The van der Waals surface area contributed by atoms with Gasteiger partial charge in [-0.2, -0.15) is 0 Å². The smallest absolute Gasteiger partial charge is 0.136 e. The molecule has 0 aliphatic heterocycles. The zero-order chi connectivity index (χ0) is 15.1. The van der Waals surface area contributed by atoms with E-state index in [4.69, 9.17) is 0 Å². The standard InChI is InChI=1S/C18H22FNS/c1-3-14-8-10-15(11-9-14)12-16(20-2)13-21-18-7-5-4-6-17(18)19/h4-11,16,20H,3,12-13H2,1-2H3. The van der Waals surface area contributed by atoms with Crippen molar-refractivity contribution in [1.82, 2.24) is 5.32 Å². The van der Waals surface area contributed by atoms with Gasteiger partial charge in [0.2, 0.25) is 0 Å². The largest absolute Gasteiger partial charge is 0.316 e. The molecule has 2 rings (SSSR count). The maximum Gasteiger partial charge on any atom is 0.136 e. The Labute approximate surface area is 131 Å². The van der Waals surface area contributed by atoms with Gasteiger partial charge in [0.25, 0.3) is 0 Å². The highest BCUT2D eigenvalue weighted by atomic mass is 32.2. The van der Waals surface area contributed by atoms with Crippen molar-refractivity contribution in [2.24, 2.45) is 0 Å². The maximum atomic E-state index is 13.6. The molecule has 0 fully saturated rings. The van der Waals surface area contributed by atoms with Gasteiger partial charge in [0.05, 0.1) is 0 Å². The molecule has 1 atom stereocenters. The Kier molecular flexibility index (Phi) is 6.27. The van der Waals surface area contributed by atoms with E-state index >= 15 is 0 Å². The average Bonchev–Trinajstić information content (AvgIpc) is 2.53. The van der Waals surface area contributed by atoms with Crippen LogP contribution >= 0.6 is 11.8 Å². The summed E-state index contributed by atoms with van der Waals surface area (Å²) >= 11 is 1.57. The molecule has 0 heterocycles. The Morgan fingerprint density at radius 2 is 1.71 bits per heavy atom. The normalized spacial score (nSPS) is 12.3. The van der Waals surface area contributed by atoms with E-state index in [0.717, 1.165) is 23.5 Å². The van der Waals surface area contributed by atoms with E-state index < -0.39 is 0 Å². The molecule has 21 heavy (non-hydrogen) atoms. The van der Waals surface area contributed by atoms with Gasteiger partial charge >= 0.3 is 0 Å². The Balaban J connectivity index is 1.92. The second kappa shape index (κ2) is 8.20. The molecule has 0 amide bonds. The molecule has 2 aromatic carbocycles. The fourth-order valence-corrected chi connectivity index (χ4v) is 3.24. The highest BCUT2D eigenvalue weighted by Crippen LogP contribution is 2.22. The van der Waals surface area contributed by atoms with Gasteiger partial charge in [-0.1, -0.05) is 43.3 Å². The molecule has 0 bridgehead atoms. The second-order valence-electron chi connectivity index (χ2n) is 5.10. The Hall–Kier alpha value is -1.32. The van der Waals surface area contributed by atoms with E-state index in [0.29, 0.717) is 6.04 Å². The zero-order valence-electron chi connectivity index (χ0n) is 12.6. The van der Waals surface area contributed by atoms with Gasteiger partial charge in [0.15, 0.2) is 0 Å². The summed E-state index contributed by atoms with van der Waals surface area (Å²) in [6, 6.07) is 16.0. The first kappa shape index (κ1) is 16.1. The third-order valence-corrected chi connectivity index (χ3v) is 4.81. The SMILES string of the molecule is CCc1ccc(CC(CSc2ccccc2F)NC)cc1. The van der Waals surface area contributed by atoms with E-state index in [1.165, 1.54) is 17.2 Å². The number of hydrogen-bond acceptors (Lipinski definition) is 2. The number of thioether (sulfide) groups is 1. The lowest BCUT2D eigenvalue weighted by Crippen LogP contribution is -2.30. The number of halogens is 1. The van der Waals surface area contributed by atoms with Crippen molar-refractivity contribution in [3.8, 4) is 0 Å². The number of nitrogens with one attached hydrogen (secondary N) is 1. The average molecular weight is 303 g/mol. The molecular weight excluding hydrogens is 281 g/mol. The topological polar surface area (TPSA) is 12.0 Å². The van der Waals surface area contributed by atoms with Gasteiger partial charge in [-0.05, 0) is 43.1 Å². The summed E-state index contributed by atoms with van der Waals surface area (Å²) in [6.07, 6.45) is 2.03. The van der Waals surface area contributed by atoms with E-state index in [-0.39, 0.29) is 5.82 Å². The minimum absolute atomic E-state index is 0.135. The number of hydrogen-bond donors (Lipinski definition) is 1. The van der Waals surface area contributed by atoms with Crippen molar-refractivity contribution in [1.29, 1.82) is 0 Å². The fraction of sp³-hybridized carbons (Fsp3) is 0.333. The number of benzene rings is 2. The predicted molar refractivity (Wildman–Crippen MR) is 89.5 cm³/mol. The second-order valence-corrected chi connectivity index (χ2v) is 6.16. The molecule has 1 N–H and O–H groups in total. The fourth-order valence-electron chi connectivity index (χ4n) is 2.19. The summed E-state index contributed by atoms with van der Waals surface area (Å²) in [7, 11) is 1.97. The van der Waals surface area contributed by atoms with E-state index in [1.54, 1.807) is 17.8 Å². The van der Waals surface area contributed by atoms with Gasteiger partial charge in [-0.3, -0.25) is 0 Å².